The zero-order chi connectivity index (χ0) is 26.6. The average Bonchev–Trinajstić information content (AvgIpc) is 3.17. The van der Waals surface area contributed by atoms with E-state index in [1.807, 2.05) is 0 Å². The van der Waals surface area contributed by atoms with Crippen LogP contribution in [0.3, 0.4) is 0 Å². The molecule has 1 saturated carbocycles. The zero-order valence-corrected chi connectivity index (χ0v) is 23.1. The van der Waals surface area contributed by atoms with E-state index in [1.165, 1.54) is 4.68 Å². The Hall–Kier alpha value is -2.26. The van der Waals surface area contributed by atoms with E-state index in [1.54, 1.807) is 30.3 Å². The summed E-state index contributed by atoms with van der Waals surface area (Å²) in [7, 11) is 1.73. The van der Waals surface area contributed by atoms with E-state index >= 15 is 0 Å². The molecule has 1 aromatic heterocycles. The van der Waals surface area contributed by atoms with Crippen LogP contribution in [0.4, 0.5) is 0 Å². The molecular weight excluding hydrogens is 527 g/mol. The number of likely N-dealkylation sites (tertiary alicyclic amines) is 1. The number of amides is 1. The minimum Gasteiger partial charge on any atom is -0.356 e. The number of ether oxygens (including phenoxy) is 1. The quantitative estimate of drug-likeness (QED) is 0.469. The van der Waals surface area contributed by atoms with Gasteiger partial charge in [-0.25, -0.2) is 0 Å². The molecule has 1 unspecified atom stereocenters. The van der Waals surface area contributed by atoms with E-state index in [-0.39, 0.29) is 39.8 Å². The highest BCUT2D eigenvalue weighted by Gasteiger charge is 2.54. The van der Waals surface area contributed by atoms with Crippen LogP contribution in [0.1, 0.15) is 76.6 Å². The molecule has 3 aliphatic heterocycles. The van der Waals surface area contributed by atoms with Crippen molar-refractivity contribution in [3.05, 3.63) is 61.0 Å². The second kappa shape index (κ2) is 10.0. The number of aryl methyl sites for hydroxylation is 1. The molecule has 4 aliphatic rings. The maximum atomic E-state index is 13.3. The van der Waals surface area contributed by atoms with Crippen LogP contribution >= 0.6 is 23.2 Å². The molecular formula is C28H32Cl2N4O4. The summed E-state index contributed by atoms with van der Waals surface area (Å²) in [6.45, 7) is 3.98. The molecule has 0 radical (unpaired) electrons. The smallest absolute Gasteiger partial charge is 0.288 e. The number of hydrogen-bond acceptors (Lipinski definition) is 6. The monoisotopic (exact) mass is 558 g/mol. The Morgan fingerprint density at radius 1 is 1.18 bits per heavy atom. The number of halogens is 2. The summed E-state index contributed by atoms with van der Waals surface area (Å²) in [5.41, 5.74) is 2.65. The number of ketones is 1. The molecule has 0 bridgehead atoms. The van der Waals surface area contributed by atoms with Crippen molar-refractivity contribution >= 4 is 34.9 Å². The second-order valence-corrected chi connectivity index (χ2v) is 12.2. The van der Waals surface area contributed by atoms with Crippen LogP contribution in [0.15, 0.2) is 23.1 Å². The summed E-state index contributed by atoms with van der Waals surface area (Å²) in [5, 5.41) is 5.01. The number of Topliss-reactive ketones (excluding diaryl/α,β-unsaturated/α-hetero) is 1. The Bertz CT molecular complexity index is 1340. The zero-order valence-electron chi connectivity index (χ0n) is 21.5. The summed E-state index contributed by atoms with van der Waals surface area (Å²) >= 11 is 12.7. The van der Waals surface area contributed by atoms with Crippen molar-refractivity contribution in [1.29, 1.82) is 0 Å². The van der Waals surface area contributed by atoms with Crippen molar-refractivity contribution in [2.45, 2.75) is 57.7 Å². The molecule has 1 aliphatic carbocycles. The van der Waals surface area contributed by atoms with Gasteiger partial charge in [0, 0.05) is 44.8 Å². The number of carbonyl (C=O) groups is 2. The van der Waals surface area contributed by atoms with E-state index in [2.05, 4.69) is 10.00 Å². The predicted molar refractivity (Wildman–Crippen MR) is 144 cm³/mol. The Kier molecular flexibility index (Phi) is 6.87. The lowest BCUT2D eigenvalue weighted by atomic mass is 9.56. The van der Waals surface area contributed by atoms with Gasteiger partial charge in [-0.05, 0) is 80.2 Å². The van der Waals surface area contributed by atoms with Gasteiger partial charge in [-0.1, -0.05) is 23.2 Å². The number of fused-ring (bicyclic) bond motifs is 1. The number of carbonyl (C=O) groups excluding carboxylic acids is 2. The predicted octanol–water partition coefficient (Wildman–Crippen LogP) is 4.36. The highest BCUT2D eigenvalue weighted by Crippen LogP contribution is 2.53. The topological polar surface area (TPSA) is 84.7 Å². The van der Waals surface area contributed by atoms with Crippen molar-refractivity contribution in [1.82, 2.24) is 19.6 Å². The summed E-state index contributed by atoms with van der Waals surface area (Å²) in [4.78, 5) is 42.4. The molecule has 8 nitrogen and oxygen atoms in total. The Morgan fingerprint density at radius 3 is 2.71 bits per heavy atom. The summed E-state index contributed by atoms with van der Waals surface area (Å²) in [6.07, 6.45) is 7.57. The molecule has 1 amide bonds. The van der Waals surface area contributed by atoms with Crippen LogP contribution in [0.5, 0.6) is 0 Å². The minimum absolute atomic E-state index is 0.00736. The molecule has 2 aromatic rings. The number of rotatable bonds is 7. The number of hydrogen-bond donors (Lipinski definition) is 0. The normalized spacial score (nSPS) is 22.9. The van der Waals surface area contributed by atoms with Crippen molar-refractivity contribution in [2.24, 2.45) is 11.3 Å². The van der Waals surface area contributed by atoms with Gasteiger partial charge in [0.25, 0.3) is 11.5 Å². The largest absolute Gasteiger partial charge is 0.356 e. The van der Waals surface area contributed by atoms with Crippen molar-refractivity contribution in [3.63, 3.8) is 0 Å². The molecule has 1 atom stereocenters. The van der Waals surface area contributed by atoms with Crippen LogP contribution < -0.4 is 5.56 Å². The third-order valence-corrected chi connectivity index (χ3v) is 9.42. The average molecular weight is 559 g/mol. The van der Waals surface area contributed by atoms with Gasteiger partial charge < -0.3 is 14.5 Å². The van der Waals surface area contributed by atoms with E-state index in [9.17, 15) is 14.4 Å². The maximum Gasteiger partial charge on any atom is 0.288 e. The summed E-state index contributed by atoms with van der Waals surface area (Å²) < 4.78 is 7.07. The maximum absolute atomic E-state index is 13.3. The SMILES string of the molecule is CN1Cc2c(C(=O)C3CC4(C3)CN(CCCc3cnn(C5CCCCO5)c(=O)c3Cl)C4)ccc(Cl)c2C1=O. The van der Waals surface area contributed by atoms with Gasteiger partial charge in [-0.15, -0.1) is 0 Å². The Morgan fingerprint density at radius 2 is 1.97 bits per heavy atom. The van der Waals surface area contributed by atoms with E-state index in [0.717, 1.165) is 69.3 Å². The molecule has 2 saturated heterocycles. The molecule has 1 spiro atoms. The van der Waals surface area contributed by atoms with E-state index < -0.39 is 0 Å². The highest BCUT2D eigenvalue weighted by atomic mass is 35.5. The van der Waals surface area contributed by atoms with Gasteiger partial charge in [-0.2, -0.15) is 9.78 Å². The standard InChI is InChI=1S/C28H32Cl2N4O4/c1-32-14-20-19(7-8-21(29)23(20)26(32)36)25(35)18-11-28(12-18)15-33(16-28)9-4-5-17-13-31-34(27(37)24(17)30)22-6-2-3-10-38-22/h7-8,13,18,22H,2-6,9-12,14-16H2,1H3. The van der Waals surface area contributed by atoms with Crippen LogP contribution in [0.2, 0.25) is 10.0 Å². The minimum atomic E-state index is -0.317. The van der Waals surface area contributed by atoms with Crippen molar-refractivity contribution in [3.8, 4) is 0 Å². The summed E-state index contributed by atoms with van der Waals surface area (Å²) in [6, 6.07) is 3.46. The van der Waals surface area contributed by atoms with E-state index in [0.29, 0.717) is 35.7 Å². The first-order valence-electron chi connectivity index (χ1n) is 13.5. The fourth-order valence-electron chi connectivity index (χ4n) is 6.72. The van der Waals surface area contributed by atoms with Gasteiger partial charge in [-0.3, -0.25) is 14.4 Å². The number of aromatic nitrogens is 2. The van der Waals surface area contributed by atoms with Crippen LogP contribution in [-0.4, -0.2) is 64.6 Å². The van der Waals surface area contributed by atoms with Crippen LogP contribution in [0, 0.1) is 11.3 Å². The van der Waals surface area contributed by atoms with Crippen molar-refractivity contribution < 1.29 is 14.3 Å². The molecule has 202 valence electrons. The van der Waals surface area contributed by atoms with Gasteiger partial charge >= 0.3 is 0 Å². The number of benzene rings is 1. The van der Waals surface area contributed by atoms with Crippen molar-refractivity contribution in [2.75, 3.05) is 33.3 Å². The van der Waals surface area contributed by atoms with Gasteiger partial charge in [0.1, 0.15) is 5.02 Å². The lowest BCUT2D eigenvalue weighted by Gasteiger charge is -2.59. The van der Waals surface area contributed by atoms with Crippen LogP contribution in [0.25, 0.3) is 0 Å². The van der Waals surface area contributed by atoms with Gasteiger partial charge in [0.2, 0.25) is 0 Å². The highest BCUT2D eigenvalue weighted by molar-refractivity contribution is 6.34. The lowest BCUT2D eigenvalue weighted by Crippen LogP contribution is -2.63. The lowest BCUT2D eigenvalue weighted by molar-refractivity contribution is -0.0837. The molecule has 0 N–H and O–H groups in total. The van der Waals surface area contributed by atoms with Crippen LogP contribution in [-0.2, 0) is 17.7 Å². The third kappa shape index (κ3) is 4.49. The summed E-state index contributed by atoms with van der Waals surface area (Å²) in [5.74, 6) is 0.0318. The molecule has 6 rings (SSSR count). The first-order valence-corrected chi connectivity index (χ1v) is 14.2. The molecule has 10 heteroatoms. The first-order chi connectivity index (χ1) is 18.3. The number of nitrogens with zero attached hydrogens (tertiary/aromatic N) is 4. The van der Waals surface area contributed by atoms with Gasteiger partial charge in [0.15, 0.2) is 12.0 Å². The third-order valence-electron chi connectivity index (χ3n) is 8.70. The molecule has 4 heterocycles. The molecule has 3 fully saturated rings. The fraction of sp³-hybridized carbons (Fsp3) is 0.571. The van der Waals surface area contributed by atoms with E-state index in [4.69, 9.17) is 27.9 Å². The Labute approximate surface area is 231 Å². The molecule has 1 aromatic carbocycles. The second-order valence-electron chi connectivity index (χ2n) is 11.4. The Balaban J connectivity index is 0.988. The first kappa shape index (κ1) is 26.0. The molecule has 38 heavy (non-hydrogen) atoms. The fourth-order valence-corrected chi connectivity index (χ4v) is 7.21. The van der Waals surface area contributed by atoms with Gasteiger partial charge in [0.05, 0.1) is 16.8 Å².